The lowest BCUT2D eigenvalue weighted by Crippen LogP contribution is -1.82. The summed E-state index contributed by atoms with van der Waals surface area (Å²) < 4.78 is 11.0. The molecule has 23 heavy (non-hydrogen) atoms. The summed E-state index contributed by atoms with van der Waals surface area (Å²) in [6.45, 7) is 0. The molecule has 0 aliphatic heterocycles. The molecule has 114 valence electrons. The number of benzene rings is 2. The van der Waals surface area contributed by atoms with Crippen molar-refractivity contribution >= 4 is 22.7 Å². The first kappa shape index (κ1) is 13.9. The maximum absolute atomic E-state index is 5.75. The minimum absolute atomic E-state index is 0.478. The SMILES string of the molecule is COc1cccc(Sc2nnc(-c3cc4ccccc4[nH]3)o2)c1. The Morgan fingerprint density at radius 1 is 1.04 bits per heavy atom. The Bertz CT molecular complexity index is 928. The summed E-state index contributed by atoms with van der Waals surface area (Å²) in [6, 6.07) is 17.8. The summed E-state index contributed by atoms with van der Waals surface area (Å²) in [5.74, 6) is 1.27. The van der Waals surface area contributed by atoms with Gasteiger partial charge in [0.1, 0.15) is 11.4 Å². The second-order valence-corrected chi connectivity index (χ2v) is 5.95. The highest BCUT2D eigenvalue weighted by atomic mass is 32.2. The molecular formula is C17H13N3O2S. The van der Waals surface area contributed by atoms with Gasteiger partial charge in [-0.1, -0.05) is 24.3 Å². The number of H-pyrrole nitrogens is 1. The van der Waals surface area contributed by atoms with Crippen molar-refractivity contribution in [1.82, 2.24) is 15.2 Å². The zero-order valence-electron chi connectivity index (χ0n) is 12.3. The van der Waals surface area contributed by atoms with E-state index in [-0.39, 0.29) is 0 Å². The minimum Gasteiger partial charge on any atom is -0.497 e. The van der Waals surface area contributed by atoms with Gasteiger partial charge in [0, 0.05) is 15.8 Å². The van der Waals surface area contributed by atoms with Gasteiger partial charge in [-0.2, -0.15) is 0 Å². The van der Waals surface area contributed by atoms with Crippen molar-refractivity contribution in [3.63, 3.8) is 0 Å². The number of para-hydroxylation sites is 1. The van der Waals surface area contributed by atoms with Crippen LogP contribution in [0, 0.1) is 0 Å². The Hall–Kier alpha value is -2.73. The highest BCUT2D eigenvalue weighted by Gasteiger charge is 2.12. The van der Waals surface area contributed by atoms with E-state index in [0.717, 1.165) is 27.2 Å². The van der Waals surface area contributed by atoms with Crippen LogP contribution in [0.15, 0.2) is 69.1 Å². The average molecular weight is 323 g/mol. The van der Waals surface area contributed by atoms with Crippen molar-refractivity contribution in [3.05, 3.63) is 54.6 Å². The molecule has 0 radical (unpaired) electrons. The van der Waals surface area contributed by atoms with E-state index in [1.165, 1.54) is 11.8 Å². The Balaban J connectivity index is 1.60. The maximum atomic E-state index is 5.75. The van der Waals surface area contributed by atoms with Gasteiger partial charge < -0.3 is 14.1 Å². The summed E-state index contributed by atoms with van der Waals surface area (Å²) in [7, 11) is 1.64. The molecule has 0 bridgehead atoms. The van der Waals surface area contributed by atoms with E-state index in [0.29, 0.717) is 11.1 Å². The molecule has 1 N–H and O–H groups in total. The highest BCUT2D eigenvalue weighted by Crippen LogP contribution is 2.31. The summed E-state index contributed by atoms with van der Waals surface area (Å²) in [5.41, 5.74) is 1.86. The lowest BCUT2D eigenvalue weighted by Gasteiger charge is -2.00. The lowest BCUT2D eigenvalue weighted by molar-refractivity contribution is 0.413. The minimum atomic E-state index is 0.478. The van der Waals surface area contributed by atoms with Crippen LogP contribution in [0.1, 0.15) is 0 Å². The number of methoxy groups -OCH3 is 1. The third kappa shape index (κ3) is 2.80. The zero-order valence-corrected chi connectivity index (χ0v) is 13.1. The molecule has 0 spiro atoms. The van der Waals surface area contributed by atoms with Crippen molar-refractivity contribution in [1.29, 1.82) is 0 Å². The number of hydrogen-bond acceptors (Lipinski definition) is 5. The molecular weight excluding hydrogens is 310 g/mol. The van der Waals surface area contributed by atoms with Gasteiger partial charge in [0.15, 0.2) is 0 Å². The predicted molar refractivity (Wildman–Crippen MR) is 88.7 cm³/mol. The lowest BCUT2D eigenvalue weighted by atomic mass is 10.2. The number of nitrogens with one attached hydrogen (secondary N) is 1. The van der Waals surface area contributed by atoms with Crippen LogP contribution < -0.4 is 4.74 Å². The van der Waals surface area contributed by atoms with Gasteiger partial charge in [-0.25, -0.2) is 0 Å². The highest BCUT2D eigenvalue weighted by molar-refractivity contribution is 7.99. The van der Waals surface area contributed by atoms with Gasteiger partial charge in [0.2, 0.25) is 0 Å². The predicted octanol–water partition coefficient (Wildman–Crippen LogP) is 4.38. The van der Waals surface area contributed by atoms with Gasteiger partial charge in [-0.15, -0.1) is 10.2 Å². The van der Waals surface area contributed by atoms with Gasteiger partial charge in [-0.05, 0) is 42.1 Å². The van der Waals surface area contributed by atoms with Gasteiger partial charge in [0.25, 0.3) is 11.1 Å². The number of rotatable bonds is 4. The molecule has 2 heterocycles. The van der Waals surface area contributed by atoms with Crippen LogP contribution in [0.3, 0.4) is 0 Å². The number of aromatic amines is 1. The number of nitrogens with zero attached hydrogens (tertiary/aromatic N) is 2. The van der Waals surface area contributed by atoms with Crippen LogP contribution in [-0.4, -0.2) is 22.3 Å². The molecule has 0 atom stereocenters. The van der Waals surface area contributed by atoms with E-state index in [1.807, 2.05) is 54.6 Å². The van der Waals surface area contributed by atoms with Crippen molar-refractivity contribution in [2.24, 2.45) is 0 Å². The number of fused-ring (bicyclic) bond motifs is 1. The molecule has 0 saturated carbocycles. The average Bonchev–Trinajstić information content (AvgIpc) is 3.21. The molecule has 4 rings (SSSR count). The Morgan fingerprint density at radius 2 is 1.96 bits per heavy atom. The van der Waals surface area contributed by atoms with Crippen molar-refractivity contribution < 1.29 is 9.15 Å². The fraction of sp³-hybridized carbons (Fsp3) is 0.0588. The van der Waals surface area contributed by atoms with E-state index in [4.69, 9.17) is 9.15 Å². The summed E-state index contributed by atoms with van der Waals surface area (Å²) in [5, 5.41) is 9.83. The first-order valence-electron chi connectivity index (χ1n) is 7.05. The fourth-order valence-electron chi connectivity index (χ4n) is 2.31. The van der Waals surface area contributed by atoms with Crippen LogP contribution in [0.25, 0.3) is 22.5 Å². The Labute approximate surface area is 136 Å². The molecule has 5 nitrogen and oxygen atoms in total. The van der Waals surface area contributed by atoms with E-state index in [2.05, 4.69) is 15.2 Å². The van der Waals surface area contributed by atoms with Crippen molar-refractivity contribution in [2.75, 3.05) is 7.11 Å². The van der Waals surface area contributed by atoms with Crippen molar-refractivity contribution in [3.8, 4) is 17.3 Å². The maximum Gasteiger partial charge on any atom is 0.281 e. The van der Waals surface area contributed by atoms with Gasteiger partial charge >= 0.3 is 0 Å². The largest absolute Gasteiger partial charge is 0.497 e. The number of hydrogen-bond donors (Lipinski definition) is 1. The molecule has 0 aliphatic carbocycles. The summed E-state index contributed by atoms with van der Waals surface area (Å²) in [4.78, 5) is 4.26. The van der Waals surface area contributed by atoms with Crippen LogP contribution in [0.2, 0.25) is 0 Å². The van der Waals surface area contributed by atoms with Gasteiger partial charge in [0.05, 0.1) is 7.11 Å². The second-order valence-electron chi connectivity index (χ2n) is 4.92. The molecule has 0 amide bonds. The number of aromatic nitrogens is 3. The van der Waals surface area contributed by atoms with Gasteiger partial charge in [-0.3, -0.25) is 0 Å². The molecule has 0 aliphatic rings. The Morgan fingerprint density at radius 3 is 2.83 bits per heavy atom. The third-order valence-corrected chi connectivity index (χ3v) is 4.24. The molecule has 2 aromatic heterocycles. The van der Waals surface area contributed by atoms with Crippen LogP contribution in [0.4, 0.5) is 0 Å². The second kappa shape index (κ2) is 5.81. The van der Waals surface area contributed by atoms with E-state index in [9.17, 15) is 0 Å². The molecule has 0 fully saturated rings. The quantitative estimate of drug-likeness (QED) is 0.604. The first-order chi connectivity index (χ1) is 11.3. The third-order valence-electron chi connectivity index (χ3n) is 3.41. The Kier molecular flexibility index (Phi) is 3.51. The standard InChI is InChI=1S/C17H13N3O2S/c1-21-12-6-4-7-13(10-12)23-17-20-19-16(22-17)15-9-11-5-2-3-8-14(11)18-15/h2-10,18H,1H3. The zero-order chi connectivity index (χ0) is 15.6. The smallest absolute Gasteiger partial charge is 0.281 e. The molecule has 0 unspecified atom stereocenters. The molecule has 4 aromatic rings. The summed E-state index contributed by atoms with van der Waals surface area (Å²) >= 11 is 1.41. The van der Waals surface area contributed by atoms with Crippen molar-refractivity contribution in [2.45, 2.75) is 10.1 Å². The van der Waals surface area contributed by atoms with Crippen LogP contribution in [-0.2, 0) is 0 Å². The van der Waals surface area contributed by atoms with Crippen LogP contribution >= 0.6 is 11.8 Å². The monoisotopic (exact) mass is 323 g/mol. The molecule has 6 heteroatoms. The number of ether oxygens (including phenoxy) is 1. The fourth-order valence-corrected chi connectivity index (χ4v) is 3.04. The summed E-state index contributed by atoms with van der Waals surface area (Å²) in [6.07, 6.45) is 0. The topological polar surface area (TPSA) is 63.9 Å². The molecule has 2 aromatic carbocycles. The molecule has 0 saturated heterocycles. The normalized spacial score (nSPS) is 11.0. The van der Waals surface area contributed by atoms with E-state index in [1.54, 1.807) is 7.11 Å². The van der Waals surface area contributed by atoms with E-state index < -0.39 is 0 Å². The van der Waals surface area contributed by atoms with E-state index >= 15 is 0 Å². The van der Waals surface area contributed by atoms with Crippen LogP contribution in [0.5, 0.6) is 5.75 Å². The first-order valence-corrected chi connectivity index (χ1v) is 7.87.